The van der Waals surface area contributed by atoms with Crippen LogP contribution < -0.4 is 11.4 Å². The number of halogens is 3. The summed E-state index contributed by atoms with van der Waals surface area (Å²) in [5.74, 6) is 5.66. The molecule has 2 aromatic rings. The maximum absolute atomic E-state index is 13.2. The van der Waals surface area contributed by atoms with E-state index in [1.165, 1.54) is 12.1 Å². The van der Waals surface area contributed by atoms with Crippen molar-refractivity contribution in [1.82, 2.24) is 4.68 Å². The van der Waals surface area contributed by atoms with Crippen molar-refractivity contribution in [2.24, 2.45) is 0 Å². The number of pyridine rings is 1. The number of nitrogen functional groups attached to an aromatic ring is 1. The Balaban J connectivity index is 2.72. The van der Waals surface area contributed by atoms with Crippen molar-refractivity contribution in [2.45, 2.75) is 51.3 Å². The van der Waals surface area contributed by atoms with Gasteiger partial charge in [0, 0.05) is 11.5 Å². The summed E-state index contributed by atoms with van der Waals surface area (Å²) in [6.07, 6.45) is -4.25. The maximum Gasteiger partial charge on any atom is 0.417 e. The van der Waals surface area contributed by atoms with Crippen molar-refractivity contribution in [3.63, 3.8) is 0 Å². The van der Waals surface area contributed by atoms with E-state index in [1.54, 1.807) is 19.9 Å². The van der Waals surface area contributed by atoms with Crippen LogP contribution in [0.1, 0.15) is 45.2 Å². The molecule has 2 rings (SSSR count). The number of aliphatic hydroxyl groups is 1. The third kappa shape index (κ3) is 3.56. The summed E-state index contributed by atoms with van der Waals surface area (Å²) in [7, 11) is 0. The first-order valence-corrected chi connectivity index (χ1v) is 7.47. The highest BCUT2D eigenvalue weighted by Crippen LogP contribution is 2.37. The van der Waals surface area contributed by atoms with Crippen molar-refractivity contribution in [1.29, 1.82) is 0 Å². The van der Waals surface area contributed by atoms with E-state index in [1.807, 2.05) is 13.8 Å². The molecule has 0 aliphatic rings. The Morgan fingerprint density at radius 3 is 2.21 bits per heavy atom. The van der Waals surface area contributed by atoms with Crippen LogP contribution in [0.4, 0.5) is 13.2 Å². The van der Waals surface area contributed by atoms with Crippen LogP contribution in [0.2, 0.25) is 0 Å². The lowest BCUT2D eigenvalue weighted by molar-refractivity contribution is -0.136. The predicted molar refractivity (Wildman–Crippen MR) is 87.3 cm³/mol. The Morgan fingerprint density at radius 1 is 1.12 bits per heavy atom. The van der Waals surface area contributed by atoms with E-state index in [4.69, 9.17) is 5.84 Å². The first kappa shape index (κ1) is 18.3. The molecular formula is C17H21F3N2O2. The summed E-state index contributed by atoms with van der Waals surface area (Å²) in [4.78, 5) is 11.8. The minimum Gasteiger partial charge on any atom is -0.390 e. The van der Waals surface area contributed by atoms with Crippen LogP contribution in [0.5, 0.6) is 0 Å². The van der Waals surface area contributed by atoms with Gasteiger partial charge in [-0.15, -0.1) is 0 Å². The van der Waals surface area contributed by atoms with E-state index in [0.29, 0.717) is 22.7 Å². The number of fused-ring (bicyclic) bond motifs is 1. The fourth-order valence-corrected chi connectivity index (χ4v) is 3.19. The topological polar surface area (TPSA) is 68.2 Å². The summed E-state index contributed by atoms with van der Waals surface area (Å²) < 4.78 is 40.2. The minimum atomic E-state index is -4.64. The number of rotatable bonds is 3. The highest BCUT2D eigenvalue weighted by molar-refractivity contribution is 5.84. The number of benzene rings is 1. The first-order valence-electron chi connectivity index (χ1n) is 7.47. The van der Waals surface area contributed by atoms with Gasteiger partial charge in [0.25, 0.3) is 5.56 Å². The Hall–Kier alpha value is -2.02. The lowest BCUT2D eigenvalue weighted by Crippen LogP contribution is -2.32. The van der Waals surface area contributed by atoms with E-state index in [-0.39, 0.29) is 10.9 Å². The van der Waals surface area contributed by atoms with Crippen LogP contribution in [0, 0.1) is 0 Å². The van der Waals surface area contributed by atoms with Gasteiger partial charge in [-0.3, -0.25) is 4.79 Å². The second-order valence-corrected chi connectivity index (χ2v) is 7.37. The van der Waals surface area contributed by atoms with Gasteiger partial charge in [0.2, 0.25) is 0 Å². The largest absolute Gasteiger partial charge is 0.417 e. The predicted octanol–water partition coefficient (Wildman–Crippen LogP) is 3.17. The van der Waals surface area contributed by atoms with Crippen LogP contribution in [0.15, 0.2) is 29.1 Å². The highest BCUT2D eigenvalue weighted by Gasteiger charge is 2.35. The summed E-state index contributed by atoms with van der Waals surface area (Å²) in [5, 5.41) is 9.92. The van der Waals surface area contributed by atoms with Crippen LogP contribution >= 0.6 is 0 Å². The van der Waals surface area contributed by atoms with E-state index < -0.39 is 28.3 Å². The van der Waals surface area contributed by atoms with Crippen LogP contribution in [0.25, 0.3) is 10.9 Å². The molecule has 0 atom stereocenters. The van der Waals surface area contributed by atoms with E-state index in [2.05, 4.69) is 0 Å². The Bertz CT molecular complexity index is 831. The van der Waals surface area contributed by atoms with Gasteiger partial charge in [0.1, 0.15) is 0 Å². The zero-order valence-corrected chi connectivity index (χ0v) is 14.0. The van der Waals surface area contributed by atoms with Crippen LogP contribution in [0.3, 0.4) is 0 Å². The van der Waals surface area contributed by atoms with Crippen molar-refractivity contribution in [2.75, 3.05) is 5.84 Å². The normalized spacial score (nSPS) is 13.5. The monoisotopic (exact) mass is 342 g/mol. The van der Waals surface area contributed by atoms with Gasteiger partial charge in [0.05, 0.1) is 16.7 Å². The van der Waals surface area contributed by atoms with Crippen molar-refractivity contribution in [3.8, 4) is 0 Å². The molecule has 0 amide bonds. The SMILES string of the molecule is CC(C)(O)CC(C)(C)c1ccc2c(C(F)(F)F)cc(=O)n(N)c2c1. The number of alkyl halides is 3. The number of aromatic nitrogens is 1. The molecule has 24 heavy (non-hydrogen) atoms. The number of nitrogens with two attached hydrogens (primary N) is 1. The fraction of sp³-hybridized carbons (Fsp3) is 0.471. The summed E-state index contributed by atoms with van der Waals surface area (Å²) >= 11 is 0. The summed E-state index contributed by atoms with van der Waals surface area (Å²) in [5.41, 5.74) is -2.69. The molecule has 0 aliphatic carbocycles. The van der Waals surface area contributed by atoms with E-state index in [0.717, 1.165) is 0 Å². The number of hydrogen-bond acceptors (Lipinski definition) is 3. The average molecular weight is 342 g/mol. The molecule has 0 bridgehead atoms. The van der Waals surface area contributed by atoms with E-state index >= 15 is 0 Å². The molecule has 1 aromatic carbocycles. The highest BCUT2D eigenvalue weighted by atomic mass is 19.4. The summed E-state index contributed by atoms with van der Waals surface area (Å²) in [6, 6.07) is 4.89. The smallest absolute Gasteiger partial charge is 0.390 e. The second-order valence-electron chi connectivity index (χ2n) is 7.37. The zero-order chi connectivity index (χ0) is 18.5. The molecule has 7 heteroatoms. The lowest BCUT2D eigenvalue weighted by Gasteiger charge is -2.32. The van der Waals surface area contributed by atoms with Crippen molar-refractivity contribution in [3.05, 3.63) is 45.7 Å². The molecule has 0 aliphatic heterocycles. The molecule has 1 heterocycles. The molecule has 0 radical (unpaired) electrons. The third-order valence-corrected chi connectivity index (χ3v) is 4.01. The van der Waals surface area contributed by atoms with Crippen molar-refractivity contribution < 1.29 is 18.3 Å². The van der Waals surface area contributed by atoms with Crippen LogP contribution in [-0.2, 0) is 11.6 Å². The molecule has 3 N–H and O–H groups in total. The Morgan fingerprint density at radius 2 is 1.71 bits per heavy atom. The number of nitrogens with zero attached hydrogens (tertiary/aromatic N) is 1. The van der Waals surface area contributed by atoms with Gasteiger partial charge in [-0.2, -0.15) is 13.2 Å². The van der Waals surface area contributed by atoms with Crippen LogP contribution in [-0.4, -0.2) is 15.4 Å². The molecule has 0 fully saturated rings. The van der Waals surface area contributed by atoms with Gasteiger partial charge < -0.3 is 10.9 Å². The molecule has 4 nitrogen and oxygen atoms in total. The third-order valence-electron chi connectivity index (χ3n) is 4.01. The quantitative estimate of drug-likeness (QED) is 0.842. The van der Waals surface area contributed by atoms with Gasteiger partial charge in [-0.05, 0) is 37.3 Å². The molecule has 0 spiro atoms. The maximum atomic E-state index is 13.2. The van der Waals surface area contributed by atoms with E-state index in [9.17, 15) is 23.1 Å². The molecule has 0 unspecified atom stereocenters. The molecular weight excluding hydrogens is 321 g/mol. The second kappa shape index (κ2) is 5.51. The first-order chi connectivity index (χ1) is 10.7. The summed E-state index contributed by atoms with van der Waals surface area (Å²) in [6.45, 7) is 7.07. The van der Waals surface area contributed by atoms with Gasteiger partial charge in [0.15, 0.2) is 0 Å². The Labute approximate surface area is 137 Å². The minimum absolute atomic E-state index is 0.0103. The van der Waals surface area contributed by atoms with Gasteiger partial charge in [-0.1, -0.05) is 26.0 Å². The van der Waals surface area contributed by atoms with Gasteiger partial charge >= 0.3 is 6.18 Å². The fourth-order valence-electron chi connectivity index (χ4n) is 3.19. The zero-order valence-electron chi connectivity index (χ0n) is 14.0. The number of hydrogen-bond donors (Lipinski definition) is 2. The van der Waals surface area contributed by atoms with Crippen molar-refractivity contribution >= 4 is 10.9 Å². The average Bonchev–Trinajstić information content (AvgIpc) is 2.38. The lowest BCUT2D eigenvalue weighted by atomic mass is 9.76. The molecule has 0 saturated carbocycles. The van der Waals surface area contributed by atoms with Gasteiger partial charge in [-0.25, -0.2) is 4.68 Å². The molecule has 132 valence electrons. The molecule has 1 aromatic heterocycles. The molecule has 0 saturated heterocycles. The standard InChI is InChI=1S/C17H21F3N2O2/c1-15(2,9-16(3,4)24)10-5-6-11-12(17(18,19)20)8-14(23)22(21)13(11)7-10/h5-8,24H,9,21H2,1-4H3. The Kier molecular flexibility index (Phi) is 4.21.